The lowest BCUT2D eigenvalue weighted by molar-refractivity contribution is -0.125. The van der Waals surface area contributed by atoms with Crippen molar-refractivity contribution in [2.45, 2.75) is 26.1 Å². The molecule has 0 fully saturated rings. The minimum absolute atomic E-state index is 0.0779. The molecule has 2 amide bonds. The van der Waals surface area contributed by atoms with Gasteiger partial charge in [-0.2, -0.15) is 0 Å². The number of hydrogen-bond acceptors (Lipinski definition) is 5. The first-order valence-corrected chi connectivity index (χ1v) is 12.4. The van der Waals surface area contributed by atoms with Crippen LogP contribution in [0.4, 0.5) is 11.4 Å². The molecule has 192 valence electrons. The summed E-state index contributed by atoms with van der Waals surface area (Å²) in [4.78, 5) is 29.2. The number of nitrogens with zero attached hydrogens (tertiary/aromatic N) is 2. The predicted octanol–water partition coefficient (Wildman–Crippen LogP) is 4.98. The highest BCUT2D eigenvalue weighted by molar-refractivity contribution is 6.04. The first-order chi connectivity index (χ1) is 17.9. The van der Waals surface area contributed by atoms with Gasteiger partial charge in [0.15, 0.2) is 6.10 Å². The van der Waals surface area contributed by atoms with Gasteiger partial charge in [-0.05, 0) is 81.5 Å². The van der Waals surface area contributed by atoms with E-state index < -0.39 is 6.10 Å². The van der Waals surface area contributed by atoms with Crippen molar-refractivity contribution in [3.05, 3.63) is 90.0 Å². The molecule has 1 aliphatic rings. The maximum absolute atomic E-state index is 12.8. The number of nitrogens with one attached hydrogen (secondary N) is 1. The van der Waals surface area contributed by atoms with Crippen LogP contribution < -0.4 is 19.7 Å². The van der Waals surface area contributed by atoms with E-state index in [-0.39, 0.29) is 11.8 Å². The number of amides is 2. The maximum atomic E-state index is 12.8. The van der Waals surface area contributed by atoms with Gasteiger partial charge in [0.2, 0.25) is 5.91 Å². The molecule has 0 radical (unpaired) electrons. The average molecular weight is 500 g/mol. The monoisotopic (exact) mass is 499 g/mol. The molecule has 4 rings (SSSR count). The van der Waals surface area contributed by atoms with Gasteiger partial charge in [0.05, 0.1) is 5.69 Å². The lowest BCUT2D eigenvalue weighted by Gasteiger charge is -2.33. The van der Waals surface area contributed by atoms with Gasteiger partial charge in [0, 0.05) is 18.3 Å². The molecule has 0 saturated heterocycles. The highest BCUT2D eigenvalue weighted by atomic mass is 16.5. The van der Waals surface area contributed by atoms with Crippen LogP contribution in [-0.4, -0.2) is 50.0 Å². The first kappa shape index (κ1) is 26.0. The minimum atomic E-state index is -0.537. The van der Waals surface area contributed by atoms with Crippen LogP contribution in [0.3, 0.4) is 0 Å². The van der Waals surface area contributed by atoms with Crippen LogP contribution in [0.15, 0.2) is 78.9 Å². The molecule has 0 spiro atoms. The van der Waals surface area contributed by atoms with Gasteiger partial charge in [0.25, 0.3) is 5.91 Å². The number of rotatable bonds is 10. The van der Waals surface area contributed by atoms with Gasteiger partial charge in [-0.1, -0.05) is 42.5 Å². The standard InChI is InChI=1S/C30H33N3O4/c1-22-30(35)33(19-7-18-32(2)3)27-20-25(13-16-28(27)37-22)31-29(34)17-12-23-10-14-26(15-11-23)36-21-24-8-5-4-6-9-24/h4-6,8-17,20,22H,7,18-19,21H2,1-3H3,(H,31,34)/b17-12+. The highest BCUT2D eigenvalue weighted by Crippen LogP contribution is 2.36. The molecule has 0 aliphatic carbocycles. The lowest BCUT2D eigenvalue weighted by atomic mass is 10.1. The molecule has 0 saturated carbocycles. The lowest BCUT2D eigenvalue weighted by Crippen LogP contribution is -2.45. The van der Waals surface area contributed by atoms with Crippen molar-refractivity contribution in [1.29, 1.82) is 0 Å². The van der Waals surface area contributed by atoms with Crippen LogP contribution in [0.2, 0.25) is 0 Å². The Labute approximate surface area is 218 Å². The van der Waals surface area contributed by atoms with Crippen molar-refractivity contribution in [1.82, 2.24) is 4.90 Å². The minimum Gasteiger partial charge on any atom is -0.489 e. The Kier molecular flexibility index (Phi) is 8.59. The molecule has 1 aliphatic heterocycles. The predicted molar refractivity (Wildman–Crippen MR) is 147 cm³/mol. The fourth-order valence-corrected chi connectivity index (χ4v) is 4.03. The molecule has 1 N–H and O–H groups in total. The molecule has 7 heteroatoms. The van der Waals surface area contributed by atoms with Crippen LogP contribution in [0, 0.1) is 0 Å². The second kappa shape index (κ2) is 12.2. The molecule has 1 heterocycles. The van der Waals surface area contributed by atoms with Gasteiger partial charge in [0.1, 0.15) is 18.1 Å². The van der Waals surface area contributed by atoms with Gasteiger partial charge in [-0.15, -0.1) is 0 Å². The van der Waals surface area contributed by atoms with Gasteiger partial charge >= 0.3 is 0 Å². The van der Waals surface area contributed by atoms with Crippen molar-refractivity contribution in [2.24, 2.45) is 0 Å². The van der Waals surface area contributed by atoms with E-state index in [0.717, 1.165) is 29.8 Å². The smallest absolute Gasteiger partial charge is 0.267 e. The van der Waals surface area contributed by atoms with Crippen LogP contribution in [-0.2, 0) is 16.2 Å². The zero-order chi connectivity index (χ0) is 26.2. The summed E-state index contributed by atoms with van der Waals surface area (Å²) in [6, 6.07) is 22.9. The van der Waals surface area contributed by atoms with E-state index in [4.69, 9.17) is 9.47 Å². The van der Waals surface area contributed by atoms with Crippen LogP contribution >= 0.6 is 0 Å². The summed E-state index contributed by atoms with van der Waals surface area (Å²) < 4.78 is 11.6. The largest absolute Gasteiger partial charge is 0.489 e. The topological polar surface area (TPSA) is 71.1 Å². The number of ether oxygens (including phenoxy) is 2. The third kappa shape index (κ3) is 7.21. The van der Waals surface area contributed by atoms with Gasteiger partial charge in [-0.25, -0.2) is 0 Å². The summed E-state index contributed by atoms with van der Waals surface area (Å²) in [5.41, 5.74) is 3.26. The quantitative estimate of drug-likeness (QED) is 0.398. The summed E-state index contributed by atoms with van der Waals surface area (Å²) in [6.45, 7) is 3.71. The van der Waals surface area contributed by atoms with E-state index in [2.05, 4.69) is 10.2 Å². The third-order valence-electron chi connectivity index (χ3n) is 5.98. The summed E-state index contributed by atoms with van der Waals surface area (Å²) in [7, 11) is 4.01. The second-order valence-corrected chi connectivity index (χ2v) is 9.26. The Hall–Kier alpha value is -4.10. The van der Waals surface area contributed by atoms with Crippen LogP contribution in [0.1, 0.15) is 24.5 Å². The van der Waals surface area contributed by atoms with Crippen molar-refractivity contribution < 1.29 is 19.1 Å². The number of carbonyl (C=O) groups is 2. The molecule has 7 nitrogen and oxygen atoms in total. The Bertz CT molecular complexity index is 1240. The number of hydrogen-bond donors (Lipinski definition) is 1. The summed E-state index contributed by atoms with van der Waals surface area (Å²) in [5.74, 6) is 1.06. The Morgan fingerprint density at radius 1 is 1.08 bits per heavy atom. The van der Waals surface area contributed by atoms with Crippen molar-refractivity contribution in [3.63, 3.8) is 0 Å². The second-order valence-electron chi connectivity index (χ2n) is 9.26. The normalized spacial score (nSPS) is 15.0. The number of carbonyl (C=O) groups excluding carboxylic acids is 2. The zero-order valence-electron chi connectivity index (χ0n) is 21.5. The van der Waals surface area contributed by atoms with E-state index in [1.807, 2.05) is 68.7 Å². The molecule has 0 bridgehead atoms. The van der Waals surface area contributed by atoms with E-state index >= 15 is 0 Å². The summed E-state index contributed by atoms with van der Waals surface area (Å²) in [6.07, 6.45) is 3.53. The van der Waals surface area contributed by atoms with E-state index in [0.29, 0.717) is 30.3 Å². The summed E-state index contributed by atoms with van der Waals surface area (Å²) in [5, 5.41) is 2.88. The van der Waals surface area contributed by atoms with E-state index in [1.54, 1.807) is 36.1 Å². The van der Waals surface area contributed by atoms with Crippen LogP contribution in [0.5, 0.6) is 11.5 Å². The Morgan fingerprint density at radius 2 is 1.84 bits per heavy atom. The molecule has 3 aromatic carbocycles. The van der Waals surface area contributed by atoms with Gasteiger partial charge < -0.3 is 24.6 Å². The van der Waals surface area contributed by atoms with E-state index in [9.17, 15) is 9.59 Å². The molecule has 1 atom stereocenters. The number of anilines is 2. The fourth-order valence-electron chi connectivity index (χ4n) is 4.03. The fraction of sp³-hybridized carbons (Fsp3) is 0.267. The Morgan fingerprint density at radius 3 is 2.57 bits per heavy atom. The molecular weight excluding hydrogens is 466 g/mol. The van der Waals surface area contributed by atoms with Crippen LogP contribution in [0.25, 0.3) is 6.08 Å². The van der Waals surface area contributed by atoms with E-state index in [1.165, 1.54) is 6.08 Å². The SMILES string of the molecule is CC1Oc2ccc(NC(=O)/C=C/c3ccc(OCc4ccccc4)cc3)cc2N(CCCN(C)C)C1=O. The third-order valence-corrected chi connectivity index (χ3v) is 5.98. The highest BCUT2D eigenvalue weighted by Gasteiger charge is 2.31. The first-order valence-electron chi connectivity index (χ1n) is 12.4. The van der Waals surface area contributed by atoms with Gasteiger partial charge in [-0.3, -0.25) is 9.59 Å². The Balaban J connectivity index is 1.36. The summed E-state index contributed by atoms with van der Waals surface area (Å²) >= 11 is 0. The average Bonchev–Trinajstić information content (AvgIpc) is 2.90. The van der Waals surface area contributed by atoms with Crippen molar-refractivity contribution in [3.8, 4) is 11.5 Å². The number of fused-ring (bicyclic) bond motifs is 1. The maximum Gasteiger partial charge on any atom is 0.267 e. The molecule has 3 aromatic rings. The molecular formula is C30H33N3O4. The molecule has 37 heavy (non-hydrogen) atoms. The number of benzene rings is 3. The van der Waals surface area contributed by atoms with Crippen molar-refractivity contribution >= 4 is 29.3 Å². The molecule has 1 unspecified atom stereocenters. The van der Waals surface area contributed by atoms with Crippen molar-refractivity contribution in [2.75, 3.05) is 37.4 Å². The molecule has 0 aromatic heterocycles. The zero-order valence-corrected chi connectivity index (χ0v) is 21.5.